The molecule has 0 bridgehead atoms. The van der Waals surface area contributed by atoms with Crippen LogP contribution in [0.5, 0.6) is 0 Å². The lowest BCUT2D eigenvalue weighted by atomic mass is 9.78. The van der Waals surface area contributed by atoms with E-state index in [9.17, 15) is 4.79 Å². The maximum absolute atomic E-state index is 12.4. The molecule has 1 aromatic heterocycles. The highest BCUT2D eigenvalue weighted by Gasteiger charge is 2.41. The lowest BCUT2D eigenvalue weighted by Gasteiger charge is -2.37. The van der Waals surface area contributed by atoms with Gasteiger partial charge in [-0.1, -0.05) is 6.07 Å². The summed E-state index contributed by atoms with van der Waals surface area (Å²) in [5.74, 6) is 0.0939. The number of carbonyl (C=O) groups excluding carboxylic acids is 1. The van der Waals surface area contributed by atoms with Crippen LogP contribution < -0.4 is 0 Å². The van der Waals surface area contributed by atoms with E-state index in [0.29, 0.717) is 11.1 Å². The molecule has 2 saturated heterocycles. The van der Waals surface area contributed by atoms with Crippen LogP contribution in [0.4, 0.5) is 0 Å². The van der Waals surface area contributed by atoms with Gasteiger partial charge in [0.15, 0.2) is 0 Å². The number of likely N-dealkylation sites (tertiary alicyclic amines) is 2. The molecule has 1 amide bonds. The van der Waals surface area contributed by atoms with Crippen LogP contribution in [0.1, 0.15) is 29.8 Å². The summed E-state index contributed by atoms with van der Waals surface area (Å²) in [6.45, 7) is 4.12. The number of hydrogen-bond donors (Lipinski definition) is 0. The quantitative estimate of drug-likeness (QED) is 0.769. The zero-order chi connectivity index (χ0) is 13.3. The number of hydrogen-bond acceptors (Lipinski definition) is 3. The van der Waals surface area contributed by atoms with E-state index >= 15 is 0 Å². The fourth-order valence-corrected chi connectivity index (χ4v) is 3.26. The molecule has 2 fully saturated rings. The molecule has 1 aromatic rings. The summed E-state index contributed by atoms with van der Waals surface area (Å²) >= 11 is 0. The molecule has 1 spiro atoms. The van der Waals surface area contributed by atoms with Gasteiger partial charge in [-0.2, -0.15) is 0 Å². The van der Waals surface area contributed by atoms with Crippen LogP contribution in [0, 0.1) is 5.41 Å². The average Bonchev–Trinajstić information content (AvgIpc) is 2.87. The van der Waals surface area contributed by atoms with Crippen molar-refractivity contribution in [3.05, 3.63) is 30.1 Å². The molecule has 0 N–H and O–H groups in total. The Kier molecular flexibility index (Phi) is 3.27. The second-order valence-electron chi connectivity index (χ2n) is 5.99. The molecule has 102 valence electrons. The number of pyridine rings is 1. The van der Waals surface area contributed by atoms with Gasteiger partial charge in [-0.15, -0.1) is 0 Å². The Morgan fingerprint density at radius 3 is 2.63 bits per heavy atom. The van der Waals surface area contributed by atoms with E-state index in [1.54, 1.807) is 6.20 Å². The lowest BCUT2D eigenvalue weighted by Crippen LogP contribution is -2.40. The van der Waals surface area contributed by atoms with E-state index in [1.165, 1.54) is 12.8 Å². The standard InChI is InChI=1S/C15H21N3O/c1-17-9-5-15(6-10-17)7-11-18(12-15)14(19)13-4-2-3-8-16-13/h2-4,8H,5-7,9-12H2,1H3. The molecule has 19 heavy (non-hydrogen) atoms. The second-order valence-corrected chi connectivity index (χ2v) is 5.99. The summed E-state index contributed by atoms with van der Waals surface area (Å²) in [4.78, 5) is 20.9. The maximum atomic E-state index is 12.4. The van der Waals surface area contributed by atoms with Crippen LogP contribution in [0.3, 0.4) is 0 Å². The van der Waals surface area contributed by atoms with Crippen LogP contribution in [0.15, 0.2) is 24.4 Å². The largest absolute Gasteiger partial charge is 0.337 e. The first-order valence-corrected chi connectivity index (χ1v) is 7.07. The molecule has 3 heterocycles. The lowest BCUT2D eigenvalue weighted by molar-refractivity contribution is 0.0731. The van der Waals surface area contributed by atoms with Gasteiger partial charge in [-0.3, -0.25) is 9.78 Å². The normalized spacial score (nSPS) is 22.9. The van der Waals surface area contributed by atoms with Crippen molar-refractivity contribution in [2.24, 2.45) is 5.41 Å². The minimum absolute atomic E-state index is 0.0939. The fraction of sp³-hybridized carbons (Fsp3) is 0.600. The van der Waals surface area contributed by atoms with Crippen LogP contribution in [0.25, 0.3) is 0 Å². The van der Waals surface area contributed by atoms with E-state index in [2.05, 4.69) is 16.9 Å². The zero-order valence-electron chi connectivity index (χ0n) is 11.5. The predicted octanol–water partition coefficient (Wildman–Crippen LogP) is 1.64. The third-order valence-electron chi connectivity index (χ3n) is 4.66. The third kappa shape index (κ3) is 2.50. The van der Waals surface area contributed by atoms with Crippen molar-refractivity contribution in [3.8, 4) is 0 Å². The van der Waals surface area contributed by atoms with Crippen molar-refractivity contribution in [2.45, 2.75) is 19.3 Å². The predicted molar refractivity (Wildman–Crippen MR) is 73.9 cm³/mol. The molecular formula is C15H21N3O. The van der Waals surface area contributed by atoms with E-state index in [4.69, 9.17) is 0 Å². The Morgan fingerprint density at radius 1 is 1.21 bits per heavy atom. The molecule has 2 aliphatic rings. The summed E-state index contributed by atoms with van der Waals surface area (Å²) in [7, 11) is 2.18. The number of aromatic nitrogens is 1. The monoisotopic (exact) mass is 259 g/mol. The van der Waals surface area contributed by atoms with Gasteiger partial charge in [0.25, 0.3) is 5.91 Å². The molecule has 0 aliphatic carbocycles. The summed E-state index contributed by atoms with van der Waals surface area (Å²) in [6.07, 6.45) is 5.28. The number of rotatable bonds is 1. The summed E-state index contributed by atoms with van der Waals surface area (Å²) in [5, 5.41) is 0. The molecule has 4 nitrogen and oxygen atoms in total. The number of carbonyl (C=O) groups is 1. The smallest absolute Gasteiger partial charge is 0.272 e. The fourth-order valence-electron chi connectivity index (χ4n) is 3.26. The Labute approximate surface area is 114 Å². The first-order valence-electron chi connectivity index (χ1n) is 7.07. The number of nitrogens with zero attached hydrogens (tertiary/aromatic N) is 3. The van der Waals surface area contributed by atoms with E-state index < -0.39 is 0 Å². The average molecular weight is 259 g/mol. The molecule has 0 atom stereocenters. The molecule has 4 heteroatoms. The highest BCUT2D eigenvalue weighted by atomic mass is 16.2. The van der Waals surface area contributed by atoms with E-state index in [-0.39, 0.29) is 5.91 Å². The second kappa shape index (κ2) is 4.93. The Bertz CT molecular complexity index is 452. The Morgan fingerprint density at radius 2 is 1.95 bits per heavy atom. The van der Waals surface area contributed by atoms with Gasteiger partial charge in [0.1, 0.15) is 5.69 Å². The van der Waals surface area contributed by atoms with Gasteiger partial charge < -0.3 is 9.80 Å². The molecule has 0 saturated carbocycles. The van der Waals surface area contributed by atoms with Crippen LogP contribution >= 0.6 is 0 Å². The van der Waals surface area contributed by atoms with Crippen LogP contribution in [-0.4, -0.2) is 53.9 Å². The SMILES string of the molecule is CN1CCC2(CC1)CCN(C(=O)c1ccccn1)C2. The molecule has 2 aliphatic heterocycles. The van der Waals surface area contributed by atoms with Crippen molar-refractivity contribution in [1.29, 1.82) is 0 Å². The Hall–Kier alpha value is -1.42. The maximum Gasteiger partial charge on any atom is 0.272 e. The number of piperidine rings is 1. The minimum Gasteiger partial charge on any atom is -0.337 e. The highest BCUT2D eigenvalue weighted by molar-refractivity contribution is 5.92. The molecule has 0 radical (unpaired) electrons. The number of amides is 1. The van der Waals surface area contributed by atoms with E-state index in [1.807, 2.05) is 23.1 Å². The summed E-state index contributed by atoms with van der Waals surface area (Å²) < 4.78 is 0. The summed E-state index contributed by atoms with van der Waals surface area (Å²) in [6, 6.07) is 5.53. The molecule has 0 unspecified atom stereocenters. The van der Waals surface area contributed by atoms with Crippen LogP contribution in [0.2, 0.25) is 0 Å². The van der Waals surface area contributed by atoms with Crippen LogP contribution in [-0.2, 0) is 0 Å². The topological polar surface area (TPSA) is 36.4 Å². The van der Waals surface area contributed by atoms with Gasteiger partial charge in [0, 0.05) is 19.3 Å². The van der Waals surface area contributed by atoms with Gasteiger partial charge in [-0.05, 0) is 56.9 Å². The summed E-state index contributed by atoms with van der Waals surface area (Å²) in [5.41, 5.74) is 0.948. The van der Waals surface area contributed by atoms with Crippen molar-refractivity contribution in [2.75, 3.05) is 33.2 Å². The van der Waals surface area contributed by atoms with Crippen molar-refractivity contribution >= 4 is 5.91 Å². The molecule has 0 aromatic carbocycles. The van der Waals surface area contributed by atoms with Crippen molar-refractivity contribution in [3.63, 3.8) is 0 Å². The van der Waals surface area contributed by atoms with E-state index in [0.717, 1.165) is 32.6 Å². The first-order chi connectivity index (χ1) is 9.19. The highest BCUT2D eigenvalue weighted by Crippen LogP contribution is 2.40. The van der Waals surface area contributed by atoms with Gasteiger partial charge >= 0.3 is 0 Å². The Balaban J connectivity index is 1.67. The molecule has 3 rings (SSSR count). The van der Waals surface area contributed by atoms with Gasteiger partial charge in [0.2, 0.25) is 0 Å². The van der Waals surface area contributed by atoms with Gasteiger partial charge in [0.05, 0.1) is 0 Å². The first kappa shape index (κ1) is 12.6. The minimum atomic E-state index is 0.0939. The third-order valence-corrected chi connectivity index (χ3v) is 4.66. The van der Waals surface area contributed by atoms with Crippen molar-refractivity contribution in [1.82, 2.24) is 14.8 Å². The van der Waals surface area contributed by atoms with Crippen molar-refractivity contribution < 1.29 is 4.79 Å². The van der Waals surface area contributed by atoms with Gasteiger partial charge in [-0.25, -0.2) is 0 Å². The zero-order valence-corrected chi connectivity index (χ0v) is 11.5. The molecular weight excluding hydrogens is 238 g/mol.